The van der Waals surface area contributed by atoms with Crippen LogP contribution in [0.3, 0.4) is 0 Å². The molecule has 1 unspecified atom stereocenters. The molecule has 1 aromatic heterocycles. The van der Waals surface area contributed by atoms with Crippen LogP contribution in [0.2, 0.25) is 0 Å². The van der Waals surface area contributed by atoms with Crippen LogP contribution in [0.1, 0.15) is 6.92 Å². The van der Waals surface area contributed by atoms with E-state index in [4.69, 9.17) is 5.11 Å². The van der Waals surface area contributed by atoms with Gasteiger partial charge in [-0.05, 0) is 6.92 Å². The first kappa shape index (κ1) is 11.5. The fourth-order valence-corrected chi connectivity index (χ4v) is 1.15. The molecule has 15 heavy (non-hydrogen) atoms. The van der Waals surface area contributed by atoms with E-state index in [1.54, 1.807) is 14.0 Å². The number of hydrogen-bond donors (Lipinski definition) is 2. The normalized spacial score (nSPS) is 12.5. The van der Waals surface area contributed by atoms with E-state index >= 15 is 0 Å². The van der Waals surface area contributed by atoms with Crippen molar-refractivity contribution in [1.82, 2.24) is 9.13 Å². The summed E-state index contributed by atoms with van der Waals surface area (Å²) in [7, 11) is 2.98. The Labute approximate surface area is 86.8 Å². The van der Waals surface area contributed by atoms with Crippen LogP contribution in [-0.2, 0) is 14.1 Å². The third kappa shape index (κ3) is 2.47. The molecular weight excluding hydrogens is 198 g/mol. The quantitative estimate of drug-likeness (QED) is 0.666. The zero-order valence-electron chi connectivity index (χ0n) is 9.02. The average Bonchev–Trinajstić information content (AvgIpc) is 2.18. The molecule has 0 fully saturated rings. The summed E-state index contributed by atoms with van der Waals surface area (Å²) in [4.78, 5) is 22.8. The minimum atomic E-state index is -0.538. The number of hydrogen-bond acceptors (Lipinski definition) is 4. The molecule has 0 aromatic carbocycles. The Morgan fingerprint density at radius 2 is 2.00 bits per heavy atom. The predicted octanol–water partition coefficient (Wildman–Crippen LogP) is -1.12. The second kappa shape index (κ2) is 4.31. The molecule has 1 heterocycles. The van der Waals surface area contributed by atoms with Crippen molar-refractivity contribution in [3.8, 4) is 0 Å². The number of rotatable bonds is 3. The highest BCUT2D eigenvalue weighted by atomic mass is 16.3. The fraction of sp³-hybridized carbons (Fsp3) is 0.556. The molecule has 2 N–H and O–H groups in total. The van der Waals surface area contributed by atoms with Crippen LogP contribution in [0.25, 0.3) is 0 Å². The Kier molecular flexibility index (Phi) is 3.31. The molecule has 0 aliphatic rings. The lowest BCUT2D eigenvalue weighted by Crippen LogP contribution is -2.38. The van der Waals surface area contributed by atoms with E-state index in [-0.39, 0.29) is 5.56 Å². The molecule has 0 aliphatic heterocycles. The highest BCUT2D eigenvalue weighted by Crippen LogP contribution is 1.97. The number of aliphatic hydroxyl groups excluding tert-OH is 1. The van der Waals surface area contributed by atoms with Crippen molar-refractivity contribution >= 4 is 5.82 Å². The van der Waals surface area contributed by atoms with E-state index in [1.165, 1.54) is 17.7 Å². The molecule has 1 atom stereocenters. The van der Waals surface area contributed by atoms with Crippen LogP contribution >= 0.6 is 0 Å². The van der Waals surface area contributed by atoms with Gasteiger partial charge in [-0.3, -0.25) is 13.9 Å². The topological polar surface area (TPSA) is 76.3 Å². The van der Waals surface area contributed by atoms with Crippen LogP contribution in [0.5, 0.6) is 0 Å². The zero-order valence-corrected chi connectivity index (χ0v) is 9.02. The number of aromatic nitrogens is 2. The zero-order chi connectivity index (χ0) is 11.6. The van der Waals surface area contributed by atoms with Gasteiger partial charge in [0.25, 0.3) is 5.56 Å². The molecule has 0 amide bonds. The molecule has 0 saturated heterocycles. The van der Waals surface area contributed by atoms with Gasteiger partial charge in [-0.2, -0.15) is 0 Å². The van der Waals surface area contributed by atoms with Gasteiger partial charge in [0.05, 0.1) is 6.10 Å². The molecule has 0 spiro atoms. The summed E-state index contributed by atoms with van der Waals surface area (Å²) in [6, 6.07) is 1.32. The first-order chi connectivity index (χ1) is 6.93. The van der Waals surface area contributed by atoms with Crippen molar-refractivity contribution in [3.63, 3.8) is 0 Å². The summed E-state index contributed by atoms with van der Waals surface area (Å²) >= 11 is 0. The lowest BCUT2D eigenvalue weighted by molar-refractivity contribution is 0.208. The maximum atomic E-state index is 11.5. The Morgan fingerprint density at radius 1 is 1.40 bits per heavy atom. The third-order valence-corrected chi connectivity index (χ3v) is 2.10. The molecule has 0 bridgehead atoms. The Hall–Kier alpha value is -1.56. The first-order valence-electron chi connectivity index (χ1n) is 4.62. The van der Waals surface area contributed by atoms with E-state index in [1.807, 2.05) is 0 Å². The Morgan fingerprint density at radius 3 is 2.53 bits per heavy atom. The van der Waals surface area contributed by atoms with E-state index in [0.717, 1.165) is 4.57 Å². The summed E-state index contributed by atoms with van der Waals surface area (Å²) in [6.45, 7) is 1.91. The van der Waals surface area contributed by atoms with Gasteiger partial charge in [0.15, 0.2) is 0 Å². The van der Waals surface area contributed by atoms with Crippen LogP contribution in [0.15, 0.2) is 15.7 Å². The van der Waals surface area contributed by atoms with Gasteiger partial charge in [-0.25, -0.2) is 4.79 Å². The van der Waals surface area contributed by atoms with Gasteiger partial charge in [0, 0.05) is 26.7 Å². The number of nitrogens with one attached hydrogen (secondary N) is 1. The monoisotopic (exact) mass is 213 g/mol. The SMILES string of the molecule is CC(O)CNc1cc(=O)n(C)c(=O)n1C. The van der Waals surface area contributed by atoms with Gasteiger partial charge < -0.3 is 10.4 Å². The molecule has 84 valence electrons. The molecule has 0 aliphatic carbocycles. The largest absolute Gasteiger partial charge is 0.392 e. The summed E-state index contributed by atoms with van der Waals surface area (Å²) in [5, 5.41) is 11.9. The van der Waals surface area contributed by atoms with E-state index in [9.17, 15) is 9.59 Å². The predicted molar refractivity (Wildman–Crippen MR) is 57.1 cm³/mol. The van der Waals surface area contributed by atoms with Gasteiger partial charge in [0.1, 0.15) is 5.82 Å². The van der Waals surface area contributed by atoms with Crippen LogP contribution in [0, 0.1) is 0 Å². The highest BCUT2D eigenvalue weighted by molar-refractivity contribution is 5.33. The van der Waals surface area contributed by atoms with Crippen molar-refractivity contribution in [2.75, 3.05) is 11.9 Å². The van der Waals surface area contributed by atoms with Gasteiger partial charge in [0.2, 0.25) is 0 Å². The molecule has 1 rings (SSSR count). The summed E-state index contributed by atoms with van der Waals surface area (Å²) in [5.41, 5.74) is -0.762. The molecule has 6 heteroatoms. The molecule has 0 saturated carbocycles. The number of nitrogens with zero attached hydrogens (tertiary/aromatic N) is 2. The average molecular weight is 213 g/mol. The molecule has 6 nitrogen and oxygen atoms in total. The smallest absolute Gasteiger partial charge is 0.332 e. The second-order valence-corrected chi connectivity index (χ2v) is 3.50. The van der Waals surface area contributed by atoms with Crippen molar-refractivity contribution in [2.45, 2.75) is 13.0 Å². The summed E-state index contributed by atoms with van der Waals surface area (Å²) < 4.78 is 2.34. The molecular formula is C9H15N3O3. The first-order valence-corrected chi connectivity index (χ1v) is 4.62. The lowest BCUT2D eigenvalue weighted by Gasteiger charge is -2.12. The highest BCUT2D eigenvalue weighted by Gasteiger charge is 2.05. The fourth-order valence-electron chi connectivity index (χ4n) is 1.15. The maximum Gasteiger partial charge on any atom is 0.332 e. The van der Waals surface area contributed by atoms with E-state index in [2.05, 4.69) is 5.32 Å². The van der Waals surface area contributed by atoms with Gasteiger partial charge >= 0.3 is 5.69 Å². The van der Waals surface area contributed by atoms with Crippen molar-refractivity contribution in [3.05, 3.63) is 26.9 Å². The standard InChI is InChI=1S/C9H15N3O3/c1-6(13)5-10-7-4-8(14)12(3)9(15)11(7)2/h4,6,10,13H,5H2,1-3H3. The van der Waals surface area contributed by atoms with E-state index in [0.29, 0.717) is 12.4 Å². The van der Waals surface area contributed by atoms with E-state index < -0.39 is 11.8 Å². The van der Waals surface area contributed by atoms with Gasteiger partial charge in [-0.1, -0.05) is 0 Å². The van der Waals surface area contributed by atoms with Crippen LogP contribution in [0.4, 0.5) is 5.82 Å². The third-order valence-electron chi connectivity index (χ3n) is 2.10. The minimum absolute atomic E-state index is 0.292. The lowest BCUT2D eigenvalue weighted by atomic mass is 10.4. The Bertz CT molecular complexity index is 459. The maximum absolute atomic E-state index is 11.5. The number of anilines is 1. The van der Waals surface area contributed by atoms with Crippen molar-refractivity contribution in [2.24, 2.45) is 14.1 Å². The summed E-state index contributed by atoms with van der Waals surface area (Å²) in [5.74, 6) is 0.406. The summed E-state index contributed by atoms with van der Waals surface area (Å²) in [6.07, 6.45) is -0.538. The van der Waals surface area contributed by atoms with Crippen LogP contribution < -0.4 is 16.6 Å². The van der Waals surface area contributed by atoms with Gasteiger partial charge in [-0.15, -0.1) is 0 Å². The minimum Gasteiger partial charge on any atom is -0.392 e. The molecule has 1 aromatic rings. The van der Waals surface area contributed by atoms with Crippen molar-refractivity contribution < 1.29 is 5.11 Å². The second-order valence-electron chi connectivity index (χ2n) is 3.50. The number of aliphatic hydroxyl groups is 1. The molecule has 0 radical (unpaired) electrons. The van der Waals surface area contributed by atoms with Crippen molar-refractivity contribution in [1.29, 1.82) is 0 Å². The van der Waals surface area contributed by atoms with Crippen LogP contribution in [-0.4, -0.2) is 26.9 Å². The Balaban J connectivity index is 3.10.